The van der Waals surface area contributed by atoms with Crippen LogP contribution >= 0.6 is 0 Å². The molecular formula is C18H14F3NO2. The molecular weight excluding hydrogens is 319 g/mol. The highest BCUT2D eigenvalue weighted by molar-refractivity contribution is 6.23. The zero-order valence-electron chi connectivity index (χ0n) is 13.3. The van der Waals surface area contributed by atoms with Gasteiger partial charge in [0.2, 0.25) is 17.4 Å². The summed E-state index contributed by atoms with van der Waals surface area (Å²) in [5, 5.41) is 0. The highest BCUT2D eigenvalue weighted by Gasteiger charge is 2.41. The van der Waals surface area contributed by atoms with E-state index in [1.807, 2.05) is 38.1 Å². The van der Waals surface area contributed by atoms with Gasteiger partial charge in [-0.05, 0) is 17.7 Å². The number of allylic oxidation sites excluding steroid dienone is 6. The highest BCUT2D eigenvalue weighted by atomic mass is 19.2. The Bertz CT molecular complexity index is 878. The standard InChI is InChI=1S/C18H14F3NO2/c1-18(2)10-6-4-5-7-11(10)22(3)12(18)8-9-13(19)17(24)15(21)14(20)16(9)23/h4-8H,1-3H3/b12-8+. The van der Waals surface area contributed by atoms with E-state index >= 15 is 0 Å². The third kappa shape index (κ3) is 2.06. The normalized spacial score (nSPS) is 21.9. The van der Waals surface area contributed by atoms with E-state index in [0.29, 0.717) is 5.70 Å². The van der Waals surface area contributed by atoms with Crippen LogP contribution in [0.1, 0.15) is 19.4 Å². The van der Waals surface area contributed by atoms with Crippen molar-refractivity contribution < 1.29 is 22.8 Å². The molecule has 1 aliphatic carbocycles. The lowest BCUT2D eigenvalue weighted by atomic mass is 9.82. The van der Waals surface area contributed by atoms with Crippen molar-refractivity contribution in [1.82, 2.24) is 0 Å². The van der Waals surface area contributed by atoms with Gasteiger partial charge in [0, 0.05) is 23.8 Å². The average Bonchev–Trinajstić information content (AvgIpc) is 2.75. The molecule has 0 saturated heterocycles. The Hall–Kier alpha value is -2.63. The zero-order chi connectivity index (χ0) is 17.8. The van der Waals surface area contributed by atoms with Gasteiger partial charge in [-0.3, -0.25) is 9.59 Å². The Labute approximate surface area is 136 Å². The van der Waals surface area contributed by atoms with Crippen molar-refractivity contribution in [2.45, 2.75) is 19.3 Å². The van der Waals surface area contributed by atoms with Crippen LogP contribution in [0.25, 0.3) is 0 Å². The molecule has 0 bridgehead atoms. The fraction of sp³-hybridized carbons (Fsp3) is 0.222. The molecule has 0 radical (unpaired) electrons. The van der Waals surface area contributed by atoms with E-state index in [-0.39, 0.29) is 0 Å². The lowest BCUT2D eigenvalue weighted by Gasteiger charge is -2.25. The Kier molecular flexibility index (Phi) is 3.51. The van der Waals surface area contributed by atoms with Crippen molar-refractivity contribution in [3.63, 3.8) is 0 Å². The van der Waals surface area contributed by atoms with E-state index < -0.39 is 40.0 Å². The van der Waals surface area contributed by atoms with Crippen LogP contribution in [0.4, 0.5) is 18.9 Å². The molecule has 0 fully saturated rings. The van der Waals surface area contributed by atoms with Crippen LogP contribution in [0.2, 0.25) is 0 Å². The van der Waals surface area contributed by atoms with Crippen LogP contribution in [-0.4, -0.2) is 18.6 Å². The molecule has 1 aromatic carbocycles. The van der Waals surface area contributed by atoms with Gasteiger partial charge in [0.1, 0.15) is 0 Å². The number of likely N-dealkylation sites (N-methyl/N-ethyl adjacent to an activating group) is 1. The van der Waals surface area contributed by atoms with Gasteiger partial charge in [0.15, 0.2) is 5.83 Å². The fourth-order valence-electron chi connectivity index (χ4n) is 3.16. The second kappa shape index (κ2) is 5.19. The van der Waals surface area contributed by atoms with Crippen molar-refractivity contribution >= 4 is 17.3 Å². The number of carbonyl (C=O) groups excluding carboxylic acids is 2. The molecule has 124 valence electrons. The predicted molar refractivity (Wildman–Crippen MR) is 83.3 cm³/mol. The summed E-state index contributed by atoms with van der Waals surface area (Å²) in [4.78, 5) is 25.0. The minimum Gasteiger partial charge on any atom is -0.347 e. The maximum absolute atomic E-state index is 14.1. The van der Waals surface area contributed by atoms with E-state index in [9.17, 15) is 22.8 Å². The molecule has 24 heavy (non-hydrogen) atoms. The van der Waals surface area contributed by atoms with Gasteiger partial charge in [-0.15, -0.1) is 0 Å². The van der Waals surface area contributed by atoms with Crippen LogP contribution in [-0.2, 0) is 15.0 Å². The number of halogens is 3. The van der Waals surface area contributed by atoms with Gasteiger partial charge >= 0.3 is 0 Å². The first kappa shape index (κ1) is 16.2. The number of hydrogen-bond acceptors (Lipinski definition) is 3. The average molecular weight is 333 g/mol. The number of Topliss-reactive ketones (excluding diaryl/α,β-unsaturated/α-hetero) is 2. The third-order valence-corrected chi connectivity index (χ3v) is 4.49. The Morgan fingerprint density at radius 2 is 1.54 bits per heavy atom. The van der Waals surface area contributed by atoms with Crippen LogP contribution in [0.15, 0.2) is 59.1 Å². The van der Waals surface area contributed by atoms with Gasteiger partial charge in [-0.25, -0.2) is 4.39 Å². The van der Waals surface area contributed by atoms with Crippen LogP contribution in [0, 0.1) is 0 Å². The van der Waals surface area contributed by atoms with Gasteiger partial charge in [-0.2, -0.15) is 8.78 Å². The Morgan fingerprint density at radius 3 is 2.17 bits per heavy atom. The molecule has 0 saturated carbocycles. The molecule has 1 heterocycles. The van der Waals surface area contributed by atoms with Gasteiger partial charge in [0.25, 0.3) is 5.78 Å². The molecule has 0 aromatic heterocycles. The van der Waals surface area contributed by atoms with Gasteiger partial charge in [0.05, 0.1) is 5.57 Å². The van der Waals surface area contributed by atoms with E-state index in [1.165, 1.54) is 0 Å². The van der Waals surface area contributed by atoms with Crippen LogP contribution < -0.4 is 4.90 Å². The van der Waals surface area contributed by atoms with E-state index in [0.717, 1.165) is 17.3 Å². The summed E-state index contributed by atoms with van der Waals surface area (Å²) < 4.78 is 40.9. The van der Waals surface area contributed by atoms with E-state index in [4.69, 9.17) is 0 Å². The quantitative estimate of drug-likeness (QED) is 0.733. The van der Waals surface area contributed by atoms with E-state index in [1.54, 1.807) is 11.9 Å². The molecule has 6 heteroatoms. The summed E-state index contributed by atoms with van der Waals surface area (Å²) in [5.41, 5.74) is 0.938. The third-order valence-electron chi connectivity index (χ3n) is 4.49. The van der Waals surface area contributed by atoms with Crippen molar-refractivity contribution in [1.29, 1.82) is 0 Å². The van der Waals surface area contributed by atoms with Crippen LogP contribution in [0.5, 0.6) is 0 Å². The van der Waals surface area contributed by atoms with Gasteiger partial charge < -0.3 is 4.90 Å². The second-order valence-corrected chi connectivity index (χ2v) is 6.24. The fourth-order valence-corrected chi connectivity index (χ4v) is 3.16. The van der Waals surface area contributed by atoms with Crippen molar-refractivity contribution in [3.8, 4) is 0 Å². The smallest absolute Gasteiger partial charge is 0.253 e. The van der Waals surface area contributed by atoms with Crippen LogP contribution in [0.3, 0.4) is 0 Å². The lowest BCUT2D eigenvalue weighted by molar-refractivity contribution is -0.119. The van der Waals surface area contributed by atoms with Crippen molar-refractivity contribution in [2.24, 2.45) is 0 Å². The topological polar surface area (TPSA) is 37.4 Å². The van der Waals surface area contributed by atoms with Crippen molar-refractivity contribution in [2.75, 3.05) is 11.9 Å². The molecule has 1 aliphatic heterocycles. The summed E-state index contributed by atoms with van der Waals surface area (Å²) in [6.07, 6.45) is 1.13. The van der Waals surface area contributed by atoms with Crippen molar-refractivity contribution in [3.05, 3.63) is 64.7 Å². The largest absolute Gasteiger partial charge is 0.347 e. The lowest BCUT2D eigenvalue weighted by Crippen LogP contribution is -2.25. The SMILES string of the molecule is CN1/C(=C/C2=C(F)C(=O)C(F)=C(F)C2=O)C(C)(C)c2ccccc21. The molecule has 2 aliphatic rings. The second-order valence-electron chi connectivity index (χ2n) is 6.24. The molecule has 0 spiro atoms. The predicted octanol–water partition coefficient (Wildman–Crippen LogP) is 3.82. The van der Waals surface area contributed by atoms with E-state index in [2.05, 4.69) is 0 Å². The molecule has 3 rings (SSSR count). The first-order chi connectivity index (χ1) is 11.2. The molecule has 0 atom stereocenters. The maximum Gasteiger partial charge on any atom is 0.253 e. The molecule has 0 unspecified atom stereocenters. The zero-order valence-corrected chi connectivity index (χ0v) is 13.3. The summed E-state index contributed by atoms with van der Waals surface area (Å²) >= 11 is 0. The number of ketones is 2. The summed E-state index contributed by atoms with van der Waals surface area (Å²) in [6, 6.07) is 7.44. The number of rotatable bonds is 1. The number of hydrogen-bond donors (Lipinski definition) is 0. The monoisotopic (exact) mass is 333 g/mol. The number of nitrogens with zero attached hydrogens (tertiary/aromatic N) is 1. The minimum atomic E-state index is -1.98. The minimum absolute atomic E-state index is 0.505. The maximum atomic E-state index is 14.1. The summed E-state index contributed by atoms with van der Waals surface area (Å²) in [5.74, 6) is -8.62. The number of benzene rings is 1. The first-order valence-corrected chi connectivity index (χ1v) is 7.27. The Balaban J connectivity index is 2.17. The molecule has 0 N–H and O–H groups in total. The summed E-state index contributed by atoms with van der Waals surface area (Å²) in [6.45, 7) is 3.73. The summed E-state index contributed by atoms with van der Waals surface area (Å²) in [7, 11) is 1.72. The molecule has 0 amide bonds. The highest BCUT2D eigenvalue weighted by Crippen LogP contribution is 2.47. The first-order valence-electron chi connectivity index (χ1n) is 7.27. The number of fused-ring (bicyclic) bond motifs is 1. The number of para-hydroxylation sites is 1. The number of carbonyl (C=O) groups is 2. The van der Waals surface area contributed by atoms with Gasteiger partial charge in [-0.1, -0.05) is 32.0 Å². The Morgan fingerprint density at radius 1 is 0.958 bits per heavy atom. The molecule has 3 nitrogen and oxygen atoms in total. The molecule has 1 aromatic rings. The number of anilines is 1.